The van der Waals surface area contributed by atoms with Crippen LogP contribution < -0.4 is 26.4 Å². The Labute approximate surface area is 223 Å². The summed E-state index contributed by atoms with van der Waals surface area (Å²) in [4.78, 5) is 38.1. The lowest BCUT2D eigenvalue weighted by molar-refractivity contribution is -0.140. The Morgan fingerprint density at radius 3 is 2.68 bits per heavy atom. The van der Waals surface area contributed by atoms with E-state index in [0.29, 0.717) is 46.2 Å². The van der Waals surface area contributed by atoms with Crippen LogP contribution in [-0.2, 0) is 27.4 Å². The number of allylic oxidation sites excluding steroid dienone is 1. The molecule has 2 aliphatic rings. The van der Waals surface area contributed by atoms with E-state index in [0.717, 1.165) is 11.1 Å². The van der Waals surface area contributed by atoms with Crippen LogP contribution in [0.2, 0.25) is 5.02 Å². The molecule has 0 saturated heterocycles. The van der Waals surface area contributed by atoms with Crippen LogP contribution in [0.5, 0.6) is 5.75 Å². The lowest BCUT2D eigenvalue weighted by atomic mass is 9.92. The molecule has 2 heterocycles. The summed E-state index contributed by atoms with van der Waals surface area (Å²) in [7, 11) is 0. The van der Waals surface area contributed by atoms with Gasteiger partial charge in [0, 0.05) is 16.4 Å². The first kappa shape index (κ1) is 25.2. The SMILES string of the molecule is Nc1cccc(COC(=O)C2=C(CCc3ccccc3Cl)NC(=O)N[C@H]2c2ccc3c(c2)NC(=O)CO3)c1. The molecule has 2 aliphatic heterocycles. The van der Waals surface area contributed by atoms with E-state index in [1.807, 2.05) is 18.2 Å². The Bertz CT molecular complexity index is 1450. The maximum absolute atomic E-state index is 13.6. The van der Waals surface area contributed by atoms with Gasteiger partial charge in [0.1, 0.15) is 12.4 Å². The zero-order chi connectivity index (χ0) is 26.6. The maximum Gasteiger partial charge on any atom is 0.338 e. The van der Waals surface area contributed by atoms with E-state index in [1.165, 1.54) is 0 Å². The normalized spacial score (nSPS) is 16.5. The van der Waals surface area contributed by atoms with E-state index in [2.05, 4.69) is 16.0 Å². The highest BCUT2D eigenvalue weighted by Gasteiger charge is 2.34. The molecule has 5 rings (SSSR count). The van der Waals surface area contributed by atoms with Crippen LogP contribution in [-0.4, -0.2) is 24.5 Å². The van der Waals surface area contributed by atoms with E-state index in [4.69, 9.17) is 26.8 Å². The van der Waals surface area contributed by atoms with Gasteiger partial charge >= 0.3 is 12.0 Å². The number of carbonyl (C=O) groups excluding carboxylic acids is 3. The van der Waals surface area contributed by atoms with Crippen molar-refractivity contribution < 1.29 is 23.9 Å². The minimum absolute atomic E-state index is 0.0000810. The van der Waals surface area contributed by atoms with Crippen LogP contribution in [0.4, 0.5) is 16.2 Å². The third-order valence-corrected chi connectivity index (χ3v) is 6.64. The molecular formula is C28H25ClN4O5. The van der Waals surface area contributed by atoms with E-state index in [-0.39, 0.29) is 24.7 Å². The van der Waals surface area contributed by atoms with Crippen LogP contribution in [0.3, 0.4) is 0 Å². The molecule has 0 bridgehead atoms. The Kier molecular flexibility index (Phi) is 7.19. The fourth-order valence-corrected chi connectivity index (χ4v) is 4.69. The number of nitrogens with two attached hydrogens (primary N) is 1. The number of amides is 3. The predicted octanol–water partition coefficient (Wildman–Crippen LogP) is 4.24. The number of nitrogen functional groups attached to an aromatic ring is 1. The van der Waals surface area contributed by atoms with Crippen molar-refractivity contribution in [3.8, 4) is 5.75 Å². The number of nitrogens with one attached hydrogen (secondary N) is 3. The highest BCUT2D eigenvalue weighted by Crippen LogP contribution is 2.35. The molecule has 0 spiro atoms. The van der Waals surface area contributed by atoms with Gasteiger partial charge in [-0.15, -0.1) is 0 Å². The Hall–Kier alpha value is -4.50. The minimum atomic E-state index is -0.831. The highest BCUT2D eigenvalue weighted by atomic mass is 35.5. The molecular weight excluding hydrogens is 508 g/mol. The third-order valence-electron chi connectivity index (χ3n) is 6.27. The summed E-state index contributed by atoms with van der Waals surface area (Å²) < 4.78 is 11.1. The zero-order valence-electron chi connectivity index (χ0n) is 20.3. The highest BCUT2D eigenvalue weighted by molar-refractivity contribution is 6.31. The van der Waals surface area contributed by atoms with Gasteiger partial charge in [0.15, 0.2) is 6.61 Å². The number of carbonyl (C=O) groups is 3. The van der Waals surface area contributed by atoms with Crippen molar-refractivity contribution in [2.45, 2.75) is 25.5 Å². The molecule has 9 nitrogen and oxygen atoms in total. The second-order valence-corrected chi connectivity index (χ2v) is 9.34. The fraction of sp³-hybridized carbons (Fsp3) is 0.179. The van der Waals surface area contributed by atoms with Crippen LogP contribution >= 0.6 is 11.6 Å². The Morgan fingerprint density at radius 1 is 1.03 bits per heavy atom. The summed E-state index contributed by atoms with van der Waals surface area (Å²) in [5.41, 5.74) is 9.74. The topological polar surface area (TPSA) is 132 Å². The summed E-state index contributed by atoms with van der Waals surface area (Å²) in [6.45, 7) is -0.0793. The number of benzene rings is 3. The summed E-state index contributed by atoms with van der Waals surface area (Å²) in [5, 5.41) is 8.96. The van der Waals surface area contributed by atoms with Crippen molar-refractivity contribution in [3.05, 3.63) is 99.7 Å². The molecule has 5 N–H and O–H groups in total. The maximum atomic E-state index is 13.6. The number of ether oxygens (including phenoxy) is 2. The number of halogens is 1. The van der Waals surface area contributed by atoms with Gasteiger partial charge in [-0.2, -0.15) is 0 Å². The van der Waals surface area contributed by atoms with Gasteiger partial charge < -0.3 is 31.2 Å². The molecule has 194 valence electrons. The second kappa shape index (κ2) is 10.9. The van der Waals surface area contributed by atoms with Crippen LogP contribution in [0.15, 0.2) is 78.0 Å². The van der Waals surface area contributed by atoms with E-state index in [1.54, 1.807) is 48.5 Å². The van der Waals surface area contributed by atoms with E-state index >= 15 is 0 Å². The lowest BCUT2D eigenvalue weighted by Crippen LogP contribution is -2.46. The molecule has 1 atom stereocenters. The first-order valence-electron chi connectivity index (χ1n) is 12.0. The number of hydrogen-bond acceptors (Lipinski definition) is 6. The van der Waals surface area contributed by atoms with Gasteiger partial charge in [-0.25, -0.2) is 9.59 Å². The Morgan fingerprint density at radius 2 is 1.87 bits per heavy atom. The number of esters is 1. The number of anilines is 2. The fourth-order valence-electron chi connectivity index (χ4n) is 4.46. The molecule has 3 amide bonds. The number of hydrogen-bond donors (Lipinski definition) is 4. The van der Waals surface area contributed by atoms with Crippen molar-refractivity contribution in [2.75, 3.05) is 17.7 Å². The third kappa shape index (κ3) is 5.57. The molecule has 0 unspecified atom stereocenters. The van der Waals surface area contributed by atoms with Gasteiger partial charge in [0.25, 0.3) is 5.91 Å². The van der Waals surface area contributed by atoms with Crippen molar-refractivity contribution in [1.29, 1.82) is 0 Å². The molecule has 0 aliphatic carbocycles. The molecule has 0 fully saturated rings. The molecule has 10 heteroatoms. The predicted molar refractivity (Wildman–Crippen MR) is 142 cm³/mol. The van der Waals surface area contributed by atoms with Gasteiger partial charge in [0.05, 0.1) is 17.3 Å². The minimum Gasteiger partial charge on any atom is -0.482 e. The van der Waals surface area contributed by atoms with Crippen molar-refractivity contribution in [2.24, 2.45) is 0 Å². The van der Waals surface area contributed by atoms with Crippen molar-refractivity contribution in [1.82, 2.24) is 10.6 Å². The van der Waals surface area contributed by atoms with Gasteiger partial charge in [0.2, 0.25) is 0 Å². The summed E-state index contributed by atoms with van der Waals surface area (Å²) in [6.07, 6.45) is 0.823. The van der Waals surface area contributed by atoms with Crippen LogP contribution in [0, 0.1) is 0 Å². The van der Waals surface area contributed by atoms with Crippen molar-refractivity contribution >= 4 is 40.9 Å². The van der Waals surface area contributed by atoms with Crippen molar-refractivity contribution in [3.63, 3.8) is 0 Å². The first-order chi connectivity index (χ1) is 18.4. The zero-order valence-corrected chi connectivity index (χ0v) is 21.0. The summed E-state index contributed by atoms with van der Waals surface area (Å²) >= 11 is 6.34. The first-order valence-corrected chi connectivity index (χ1v) is 12.4. The molecule has 0 saturated carbocycles. The van der Waals surface area contributed by atoms with Crippen LogP contribution in [0.1, 0.15) is 29.2 Å². The van der Waals surface area contributed by atoms with Gasteiger partial charge in [-0.1, -0.05) is 48.0 Å². The summed E-state index contributed by atoms with van der Waals surface area (Å²) in [5.74, 6) is -0.388. The number of fused-ring (bicyclic) bond motifs is 1. The van der Waals surface area contributed by atoms with E-state index in [9.17, 15) is 14.4 Å². The smallest absolute Gasteiger partial charge is 0.338 e. The number of aryl methyl sites for hydroxylation is 1. The second-order valence-electron chi connectivity index (χ2n) is 8.93. The monoisotopic (exact) mass is 532 g/mol. The molecule has 0 radical (unpaired) electrons. The van der Waals surface area contributed by atoms with Gasteiger partial charge in [-0.3, -0.25) is 4.79 Å². The summed E-state index contributed by atoms with van der Waals surface area (Å²) in [6, 6.07) is 18.3. The van der Waals surface area contributed by atoms with Gasteiger partial charge in [-0.05, 0) is 59.9 Å². The number of rotatable bonds is 7. The standard InChI is InChI=1S/C28H25ClN4O5/c29-20-7-2-1-5-17(20)8-10-21-25(27(35)38-14-16-4-3-6-19(30)12-16)26(33-28(36)32-21)18-9-11-23-22(13-18)31-24(34)15-37-23/h1-7,9,11-13,26H,8,10,14-15,30H2,(H,31,34)(H2,32,33,36)/t26-/m0/s1. The molecule has 38 heavy (non-hydrogen) atoms. The Balaban J connectivity index is 1.49. The lowest BCUT2D eigenvalue weighted by Gasteiger charge is -2.30. The average molecular weight is 533 g/mol. The molecule has 0 aromatic heterocycles. The molecule has 3 aromatic rings. The largest absolute Gasteiger partial charge is 0.482 e. The number of urea groups is 1. The molecule has 3 aromatic carbocycles. The quantitative estimate of drug-likeness (QED) is 0.266. The van der Waals surface area contributed by atoms with Crippen LogP contribution in [0.25, 0.3) is 0 Å². The van der Waals surface area contributed by atoms with E-state index < -0.39 is 18.0 Å². The average Bonchev–Trinajstić information content (AvgIpc) is 2.90.